The van der Waals surface area contributed by atoms with Crippen molar-refractivity contribution in [3.05, 3.63) is 12.2 Å². The molecule has 0 saturated heterocycles. The molecule has 0 aliphatic carbocycles. The van der Waals surface area contributed by atoms with Crippen LogP contribution in [0.4, 0.5) is 0 Å². The highest BCUT2D eigenvalue weighted by atomic mass is 14.0. The normalized spacial score (nSPS) is 13.8. The minimum absolute atomic E-state index is 0.887. The highest BCUT2D eigenvalue weighted by Crippen LogP contribution is 2.14. The Labute approximate surface area is 84.4 Å². The molecule has 78 valence electrons. The minimum Gasteiger partial charge on any atom is -0.0917 e. The van der Waals surface area contributed by atoms with Crippen molar-refractivity contribution < 1.29 is 0 Å². The monoisotopic (exact) mass is 182 g/mol. The Balaban J connectivity index is 3.12. The molecule has 0 aliphatic rings. The van der Waals surface area contributed by atoms with Gasteiger partial charge in [0.15, 0.2) is 0 Å². The summed E-state index contributed by atoms with van der Waals surface area (Å²) in [6.45, 7) is 6.74. The Morgan fingerprint density at radius 2 is 1.77 bits per heavy atom. The zero-order chi connectivity index (χ0) is 9.94. The average Bonchev–Trinajstić information content (AvgIpc) is 2.14. The summed E-state index contributed by atoms with van der Waals surface area (Å²) >= 11 is 0. The molecule has 0 spiro atoms. The third-order valence-corrected chi connectivity index (χ3v) is 2.57. The minimum atomic E-state index is 0.887. The Morgan fingerprint density at radius 1 is 1.08 bits per heavy atom. The molecule has 13 heavy (non-hydrogen) atoms. The van der Waals surface area contributed by atoms with Gasteiger partial charge in [0.25, 0.3) is 0 Å². The number of rotatable bonds is 8. The van der Waals surface area contributed by atoms with Crippen molar-refractivity contribution in [3.63, 3.8) is 0 Å². The lowest BCUT2D eigenvalue weighted by Crippen LogP contribution is -1.92. The first-order valence-corrected chi connectivity index (χ1v) is 5.92. The molecule has 0 heteroatoms. The lowest BCUT2D eigenvalue weighted by Gasteiger charge is -2.07. The van der Waals surface area contributed by atoms with E-state index in [2.05, 4.69) is 32.9 Å². The summed E-state index contributed by atoms with van der Waals surface area (Å²) in [6.07, 6.45) is 14.2. The molecule has 0 aromatic heterocycles. The summed E-state index contributed by atoms with van der Waals surface area (Å²) in [4.78, 5) is 0. The Kier molecular flexibility index (Phi) is 9.63. The molecule has 0 fully saturated rings. The van der Waals surface area contributed by atoms with Crippen molar-refractivity contribution in [2.45, 2.75) is 65.7 Å². The van der Waals surface area contributed by atoms with Crippen LogP contribution in [0.1, 0.15) is 65.7 Å². The summed E-state index contributed by atoms with van der Waals surface area (Å²) in [7, 11) is 0. The molecule has 0 rings (SSSR count). The molecule has 0 radical (unpaired) electrons. The van der Waals surface area contributed by atoms with Gasteiger partial charge in [0, 0.05) is 0 Å². The zero-order valence-electron chi connectivity index (χ0n) is 9.68. The van der Waals surface area contributed by atoms with Crippen LogP contribution < -0.4 is 0 Å². The third-order valence-electron chi connectivity index (χ3n) is 2.57. The second-order valence-corrected chi connectivity index (χ2v) is 4.11. The number of hydrogen-bond donors (Lipinski definition) is 0. The first-order valence-electron chi connectivity index (χ1n) is 5.92. The van der Waals surface area contributed by atoms with Gasteiger partial charge in [-0.2, -0.15) is 0 Å². The highest BCUT2D eigenvalue weighted by Gasteiger charge is 1.98. The molecule has 0 heterocycles. The molecule has 0 amide bonds. The lowest BCUT2D eigenvalue weighted by molar-refractivity contribution is 0.490. The van der Waals surface area contributed by atoms with Gasteiger partial charge in [0.2, 0.25) is 0 Å². The molecule has 1 unspecified atom stereocenters. The molecule has 1 atom stereocenters. The molecular weight excluding hydrogens is 156 g/mol. The van der Waals surface area contributed by atoms with E-state index in [1.54, 1.807) is 0 Å². The predicted molar refractivity (Wildman–Crippen MR) is 62.0 cm³/mol. The summed E-state index contributed by atoms with van der Waals surface area (Å²) in [5, 5.41) is 0. The Morgan fingerprint density at radius 3 is 2.38 bits per heavy atom. The fraction of sp³-hybridized carbons (Fsp3) is 0.846. The van der Waals surface area contributed by atoms with E-state index >= 15 is 0 Å². The van der Waals surface area contributed by atoms with E-state index in [1.165, 1.54) is 44.9 Å². The van der Waals surface area contributed by atoms with Crippen LogP contribution in [0.3, 0.4) is 0 Å². The molecule has 0 saturated carbocycles. The standard InChI is InChI=1S/C13H26/c1-4-6-8-9-10-12-13(3)11-7-5-2/h5,7,13H,4,6,8-12H2,1-3H3/b7-5+. The first-order chi connectivity index (χ1) is 6.31. The van der Waals surface area contributed by atoms with E-state index in [0.717, 1.165) is 5.92 Å². The first kappa shape index (κ1) is 12.7. The average molecular weight is 182 g/mol. The van der Waals surface area contributed by atoms with Gasteiger partial charge in [-0.05, 0) is 19.3 Å². The van der Waals surface area contributed by atoms with Crippen molar-refractivity contribution in [2.24, 2.45) is 5.92 Å². The zero-order valence-corrected chi connectivity index (χ0v) is 9.68. The van der Waals surface area contributed by atoms with Gasteiger partial charge < -0.3 is 0 Å². The Hall–Kier alpha value is -0.260. The number of allylic oxidation sites excluding steroid dienone is 2. The van der Waals surface area contributed by atoms with Crippen molar-refractivity contribution in [1.29, 1.82) is 0 Å². The molecule has 0 aliphatic heterocycles. The maximum atomic E-state index is 2.36. The van der Waals surface area contributed by atoms with E-state index < -0.39 is 0 Å². The fourth-order valence-electron chi connectivity index (χ4n) is 1.58. The van der Waals surface area contributed by atoms with Crippen LogP contribution in [0.15, 0.2) is 12.2 Å². The number of unbranched alkanes of at least 4 members (excludes halogenated alkanes) is 4. The maximum absolute atomic E-state index is 2.36. The van der Waals surface area contributed by atoms with Crippen molar-refractivity contribution in [3.8, 4) is 0 Å². The largest absolute Gasteiger partial charge is 0.0917 e. The molecule has 0 N–H and O–H groups in total. The topological polar surface area (TPSA) is 0 Å². The van der Waals surface area contributed by atoms with Crippen molar-refractivity contribution in [2.75, 3.05) is 0 Å². The van der Waals surface area contributed by atoms with Gasteiger partial charge in [-0.15, -0.1) is 0 Å². The molecule has 0 bridgehead atoms. The van der Waals surface area contributed by atoms with Gasteiger partial charge in [0.05, 0.1) is 0 Å². The Bertz CT molecular complexity index is 113. The molecule has 0 aromatic carbocycles. The van der Waals surface area contributed by atoms with E-state index in [0.29, 0.717) is 0 Å². The van der Waals surface area contributed by atoms with E-state index in [1.807, 2.05) is 0 Å². The van der Waals surface area contributed by atoms with E-state index in [9.17, 15) is 0 Å². The summed E-state index contributed by atoms with van der Waals surface area (Å²) in [5.41, 5.74) is 0. The van der Waals surface area contributed by atoms with Gasteiger partial charge in [-0.1, -0.05) is 64.5 Å². The smallest absolute Gasteiger partial charge is 0.0325 e. The van der Waals surface area contributed by atoms with Gasteiger partial charge >= 0.3 is 0 Å². The predicted octanol–water partition coefficient (Wildman–Crippen LogP) is 4.95. The van der Waals surface area contributed by atoms with Crippen LogP contribution in [-0.2, 0) is 0 Å². The summed E-state index contributed by atoms with van der Waals surface area (Å²) < 4.78 is 0. The summed E-state index contributed by atoms with van der Waals surface area (Å²) in [5.74, 6) is 0.887. The molecular formula is C13H26. The van der Waals surface area contributed by atoms with Crippen LogP contribution in [0.2, 0.25) is 0 Å². The summed E-state index contributed by atoms with van der Waals surface area (Å²) in [6, 6.07) is 0. The quantitative estimate of drug-likeness (QED) is 0.368. The molecule has 0 nitrogen and oxygen atoms in total. The van der Waals surface area contributed by atoms with Crippen LogP contribution in [-0.4, -0.2) is 0 Å². The SMILES string of the molecule is C/C=C/CC(C)CCCCCCC. The van der Waals surface area contributed by atoms with Gasteiger partial charge in [0.1, 0.15) is 0 Å². The van der Waals surface area contributed by atoms with Crippen LogP contribution >= 0.6 is 0 Å². The van der Waals surface area contributed by atoms with Crippen molar-refractivity contribution >= 4 is 0 Å². The van der Waals surface area contributed by atoms with E-state index in [-0.39, 0.29) is 0 Å². The second kappa shape index (κ2) is 9.83. The second-order valence-electron chi connectivity index (χ2n) is 4.11. The maximum Gasteiger partial charge on any atom is -0.0325 e. The van der Waals surface area contributed by atoms with Crippen LogP contribution in [0, 0.1) is 5.92 Å². The highest BCUT2D eigenvalue weighted by molar-refractivity contribution is 4.78. The third kappa shape index (κ3) is 9.66. The van der Waals surface area contributed by atoms with Crippen molar-refractivity contribution in [1.82, 2.24) is 0 Å². The van der Waals surface area contributed by atoms with Crippen LogP contribution in [0.5, 0.6) is 0 Å². The fourth-order valence-corrected chi connectivity index (χ4v) is 1.58. The van der Waals surface area contributed by atoms with Crippen LogP contribution in [0.25, 0.3) is 0 Å². The van der Waals surface area contributed by atoms with Gasteiger partial charge in [-0.3, -0.25) is 0 Å². The van der Waals surface area contributed by atoms with E-state index in [4.69, 9.17) is 0 Å². The number of hydrogen-bond acceptors (Lipinski definition) is 0. The lowest BCUT2D eigenvalue weighted by atomic mass is 9.99. The van der Waals surface area contributed by atoms with Gasteiger partial charge in [-0.25, -0.2) is 0 Å². The molecule has 0 aromatic rings.